The van der Waals surface area contributed by atoms with Crippen LogP contribution in [0.5, 0.6) is 11.5 Å². The molecule has 2 aromatic rings. The van der Waals surface area contributed by atoms with Crippen LogP contribution >= 0.6 is 0 Å². The molecule has 0 aromatic heterocycles. The lowest BCUT2D eigenvalue weighted by molar-refractivity contribution is -0.131. The van der Waals surface area contributed by atoms with Crippen LogP contribution in [0.25, 0.3) is 0 Å². The first kappa shape index (κ1) is 19.9. The number of hydrogen-bond acceptors (Lipinski definition) is 3. The van der Waals surface area contributed by atoms with Gasteiger partial charge < -0.3 is 15.0 Å². The van der Waals surface area contributed by atoms with Crippen molar-refractivity contribution in [1.82, 2.24) is 10.2 Å². The molecule has 0 saturated carbocycles. The van der Waals surface area contributed by atoms with Crippen LogP contribution in [0, 0.1) is 0 Å². The van der Waals surface area contributed by atoms with Crippen molar-refractivity contribution in [3.63, 3.8) is 0 Å². The van der Waals surface area contributed by atoms with E-state index in [0.29, 0.717) is 25.8 Å². The summed E-state index contributed by atoms with van der Waals surface area (Å²) in [7, 11) is 1.82. The van der Waals surface area contributed by atoms with Gasteiger partial charge in [-0.2, -0.15) is 0 Å². The number of ether oxygens (including phenoxy) is 1. The second kappa shape index (κ2) is 8.91. The van der Waals surface area contributed by atoms with Crippen LogP contribution in [0.2, 0.25) is 0 Å². The number of nitrogens with zero attached hydrogens (tertiary/aromatic N) is 1. The smallest absolute Gasteiger partial charge is 0.222 e. The number of benzene rings is 2. The molecule has 5 nitrogen and oxygen atoms in total. The molecule has 0 bridgehead atoms. The van der Waals surface area contributed by atoms with E-state index in [9.17, 15) is 9.59 Å². The Morgan fingerprint density at radius 3 is 2.39 bits per heavy atom. The molecule has 28 heavy (non-hydrogen) atoms. The molecule has 0 aliphatic carbocycles. The van der Waals surface area contributed by atoms with E-state index in [2.05, 4.69) is 12.2 Å². The Labute approximate surface area is 166 Å². The predicted octanol–water partition coefficient (Wildman–Crippen LogP) is 4.28. The van der Waals surface area contributed by atoms with Crippen molar-refractivity contribution in [2.75, 3.05) is 7.05 Å². The Kier molecular flexibility index (Phi) is 6.34. The van der Waals surface area contributed by atoms with E-state index < -0.39 is 0 Å². The summed E-state index contributed by atoms with van der Waals surface area (Å²) in [6, 6.07) is 17.4. The molecule has 0 radical (unpaired) electrons. The highest BCUT2D eigenvalue weighted by Crippen LogP contribution is 2.29. The number of para-hydroxylation sites is 1. The first-order valence-corrected chi connectivity index (χ1v) is 9.86. The van der Waals surface area contributed by atoms with Crippen molar-refractivity contribution < 1.29 is 14.3 Å². The molecule has 1 N–H and O–H groups in total. The van der Waals surface area contributed by atoms with Crippen LogP contribution < -0.4 is 10.1 Å². The molecule has 2 aromatic carbocycles. The van der Waals surface area contributed by atoms with Crippen molar-refractivity contribution >= 4 is 11.8 Å². The summed E-state index contributed by atoms with van der Waals surface area (Å²) < 4.78 is 5.80. The van der Waals surface area contributed by atoms with E-state index in [0.717, 1.165) is 29.9 Å². The van der Waals surface area contributed by atoms with Gasteiger partial charge in [-0.3, -0.25) is 9.59 Å². The van der Waals surface area contributed by atoms with Crippen LogP contribution in [-0.4, -0.2) is 29.3 Å². The summed E-state index contributed by atoms with van der Waals surface area (Å²) in [6.45, 7) is 2.62. The van der Waals surface area contributed by atoms with Gasteiger partial charge in [0.25, 0.3) is 0 Å². The van der Waals surface area contributed by atoms with Gasteiger partial charge in [0.1, 0.15) is 11.5 Å². The molecular weight excluding hydrogens is 352 g/mol. The summed E-state index contributed by atoms with van der Waals surface area (Å²) in [5.74, 6) is 1.76. The molecule has 1 aliphatic heterocycles. The Hall–Kier alpha value is -2.82. The second-order valence-corrected chi connectivity index (χ2v) is 7.49. The maximum atomic E-state index is 12.5. The molecule has 1 heterocycles. The first-order valence-electron chi connectivity index (χ1n) is 9.86. The SMILES string of the molecule is CC[C@]1(CCC(=O)N(C)Cc2ccc(Oc3ccccc3)cc2)CCC(=O)N1. The van der Waals surface area contributed by atoms with Gasteiger partial charge in [-0.05, 0) is 49.1 Å². The summed E-state index contributed by atoms with van der Waals surface area (Å²) >= 11 is 0. The van der Waals surface area contributed by atoms with Crippen LogP contribution in [-0.2, 0) is 16.1 Å². The van der Waals surface area contributed by atoms with E-state index in [-0.39, 0.29) is 17.4 Å². The Balaban J connectivity index is 1.50. The maximum Gasteiger partial charge on any atom is 0.222 e. The second-order valence-electron chi connectivity index (χ2n) is 7.49. The number of hydrogen-bond donors (Lipinski definition) is 1. The molecule has 1 atom stereocenters. The number of carbonyl (C=O) groups excluding carboxylic acids is 2. The standard InChI is InChI=1S/C23H28N2O3/c1-3-23(15-13-21(26)24-23)16-14-22(27)25(2)17-18-9-11-20(12-10-18)28-19-7-5-4-6-8-19/h4-12H,3,13-17H2,1-2H3,(H,24,26)/t23-/m1/s1. The summed E-state index contributed by atoms with van der Waals surface area (Å²) in [6.07, 6.45) is 3.39. The van der Waals surface area contributed by atoms with E-state index in [1.165, 1.54) is 0 Å². The van der Waals surface area contributed by atoms with Gasteiger partial charge >= 0.3 is 0 Å². The monoisotopic (exact) mass is 380 g/mol. The van der Waals surface area contributed by atoms with Crippen LogP contribution in [0.15, 0.2) is 54.6 Å². The van der Waals surface area contributed by atoms with Crippen LogP contribution in [0.4, 0.5) is 0 Å². The highest BCUT2D eigenvalue weighted by molar-refractivity contribution is 5.80. The van der Waals surface area contributed by atoms with Crippen molar-refractivity contribution in [3.05, 3.63) is 60.2 Å². The van der Waals surface area contributed by atoms with Crippen LogP contribution in [0.1, 0.15) is 44.6 Å². The topological polar surface area (TPSA) is 58.6 Å². The molecule has 1 saturated heterocycles. The highest BCUT2D eigenvalue weighted by Gasteiger charge is 2.36. The fourth-order valence-corrected chi connectivity index (χ4v) is 3.59. The van der Waals surface area contributed by atoms with Gasteiger partial charge in [-0.15, -0.1) is 0 Å². The summed E-state index contributed by atoms with van der Waals surface area (Å²) in [4.78, 5) is 25.8. The summed E-state index contributed by atoms with van der Waals surface area (Å²) in [5.41, 5.74) is 0.847. The molecule has 2 amide bonds. The van der Waals surface area contributed by atoms with Gasteiger partial charge in [-0.1, -0.05) is 37.3 Å². The normalized spacial score (nSPS) is 18.6. The maximum absolute atomic E-state index is 12.5. The van der Waals surface area contributed by atoms with Gasteiger partial charge in [0.2, 0.25) is 11.8 Å². The van der Waals surface area contributed by atoms with Crippen molar-refractivity contribution in [1.29, 1.82) is 0 Å². The molecule has 0 unspecified atom stereocenters. The minimum atomic E-state index is -0.204. The lowest BCUT2D eigenvalue weighted by Crippen LogP contribution is -2.42. The number of rotatable bonds is 8. The van der Waals surface area contributed by atoms with Crippen molar-refractivity contribution in [3.8, 4) is 11.5 Å². The third-order valence-corrected chi connectivity index (χ3v) is 5.48. The molecule has 1 fully saturated rings. The number of nitrogens with one attached hydrogen (secondary N) is 1. The number of carbonyl (C=O) groups is 2. The van der Waals surface area contributed by atoms with Gasteiger partial charge in [0, 0.05) is 32.0 Å². The molecule has 3 rings (SSSR count). The van der Waals surface area contributed by atoms with E-state index in [1.807, 2.05) is 61.6 Å². The zero-order valence-electron chi connectivity index (χ0n) is 16.6. The zero-order chi connectivity index (χ0) is 20.0. The lowest BCUT2D eigenvalue weighted by Gasteiger charge is -2.28. The zero-order valence-corrected chi connectivity index (χ0v) is 16.6. The lowest BCUT2D eigenvalue weighted by atomic mass is 9.88. The van der Waals surface area contributed by atoms with Gasteiger partial charge in [0.05, 0.1) is 0 Å². The minimum absolute atomic E-state index is 0.0959. The van der Waals surface area contributed by atoms with Gasteiger partial charge in [0.15, 0.2) is 0 Å². The third-order valence-electron chi connectivity index (χ3n) is 5.48. The third kappa shape index (κ3) is 5.12. The van der Waals surface area contributed by atoms with Crippen LogP contribution in [0.3, 0.4) is 0 Å². The van der Waals surface area contributed by atoms with E-state index in [4.69, 9.17) is 4.74 Å². The van der Waals surface area contributed by atoms with E-state index in [1.54, 1.807) is 4.90 Å². The Morgan fingerprint density at radius 1 is 1.11 bits per heavy atom. The average Bonchev–Trinajstić information content (AvgIpc) is 3.10. The average molecular weight is 380 g/mol. The Bertz CT molecular complexity index is 804. The fraction of sp³-hybridized carbons (Fsp3) is 0.391. The first-order chi connectivity index (χ1) is 13.5. The molecule has 0 spiro atoms. The summed E-state index contributed by atoms with van der Waals surface area (Å²) in [5, 5.41) is 3.06. The minimum Gasteiger partial charge on any atom is -0.457 e. The fourth-order valence-electron chi connectivity index (χ4n) is 3.59. The highest BCUT2D eigenvalue weighted by atomic mass is 16.5. The predicted molar refractivity (Wildman–Crippen MR) is 109 cm³/mol. The molecule has 1 aliphatic rings. The largest absolute Gasteiger partial charge is 0.457 e. The van der Waals surface area contributed by atoms with Gasteiger partial charge in [-0.25, -0.2) is 0 Å². The van der Waals surface area contributed by atoms with Crippen molar-refractivity contribution in [2.45, 2.75) is 51.1 Å². The number of amides is 2. The molecule has 148 valence electrons. The quantitative estimate of drug-likeness (QED) is 0.744. The molecule has 5 heteroatoms. The van der Waals surface area contributed by atoms with Crippen molar-refractivity contribution in [2.24, 2.45) is 0 Å². The van der Waals surface area contributed by atoms with E-state index >= 15 is 0 Å². The molecular formula is C23H28N2O3. The Morgan fingerprint density at radius 2 is 1.79 bits per heavy atom.